The first-order valence-corrected chi connectivity index (χ1v) is 8.86. The van der Waals surface area contributed by atoms with Crippen molar-refractivity contribution in [1.82, 2.24) is 14.8 Å². The van der Waals surface area contributed by atoms with Crippen molar-refractivity contribution in [1.29, 1.82) is 0 Å². The molecule has 0 spiro atoms. The van der Waals surface area contributed by atoms with E-state index in [4.69, 9.17) is 22.3 Å². The van der Waals surface area contributed by atoms with E-state index >= 15 is 0 Å². The Bertz CT molecular complexity index is 1020. The molecule has 1 aromatic carbocycles. The number of carbonyl (C=O) groups excluding carboxylic acids is 1. The maximum atomic E-state index is 11.4. The quantitative estimate of drug-likeness (QED) is 0.767. The van der Waals surface area contributed by atoms with Crippen LogP contribution in [0.5, 0.6) is 0 Å². The highest BCUT2D eigenvalue weighted by atomic mass is 35.5. The number of aromatic nitrogens is 3. The zero-order valence-electron chi connectivity index (χ0n) is 13.4. The number of benzene rings is 1. The number of amides is 1. The summed E-state index contributed by atoms with van der Waals surface area (Å²) >= 11 is 7.90. The second kappa shape index (κ2) is 6.09. The lowest BCUT2D eigenvalue weighted by Gasteiger charge is -2.08. The Balaban J connectivity index is 1.95. The third-order valence-corrected chi connectivity index (χ3v) is 5.42. The first-order chi connectivity index (χ1) is 12.0. The molecule has 8 heteroatoms. The highest BCUT2D eigenvalue weighted by molar-refractivity contribution is 7.15. The summed E-state index contributed by atoms with van der Waals surface area (Å²) in [5.41, 5.74) is 7.93. The first kappa shape index (κ1) is 16.0. The van der Waals surface area contributed by atoms with Gasteiger partial charge in [0, 0.05) is 21.0 Å². The number of halogens is 1. The molecule has 2 aromatic heterocycles. The molecule has 0 unspecified atom stereocenters. The van der Waals surface area contributed by atoms with Gasteiger partial charge in [-0.2, -0.15) is 0 Å². The molecule has 2 N–H and O–H groups in total. The van der Waals surface area contributed by atoms with Gasteiger partial charge in [-0.3, -0.25) is 14.4 Å². The number of carbonyl (C=O) groups is 1. The fraction of sp³-hybridized carbons (Fsp3) is 0.176. The van der Waals surface area contributed by atoms with Gasteiger partial charge >= 0.3 is 0 Å². The van der Waals surface area contributed by atoms with E-state index in [1.807, 2.05) is 41.8 Å². The number of primary amides is 1. The number of aryl methyl sites for hydroxylation is 1. The molecular weight excluding hydrogens is 358 g/mol. The van der Waals surface area contributed by atoms with Gasteiger partial charge in [-0.25, -0.2) is 0 Å². The monoisotopic (exact) mass is 371 g/mol. The van der Waals surface area contributed by atoms with Crippen LogP contribution in [0.2, 0.25) is 5.02 Å². The number of aliphatic imine (C=N–C) groups is 1. The van der Waals surface area contributed by atoms with E-state index in [1.165, 1.54) is 11.3 Å². The van der Waals surface area contributed by atoms with Crippen LogP contribution in [0.4, 0.5) is 0 Å². The van der Waals surface area contributed by atoms with Crippen LogP contribution < -0.4 is 5.73 Å². The second-order valence-corrected chi connectivity index (χ2v) is 7.24. The highest BCUT2D eigenvalue weighted by Crippen LogP contribution is 2.34. The maximum Gasteiger partial charge on any atom is 0.222 e. The van der Waals surface area contributed by atoms with E-state index < -0.39 is 0 Å². The minimum absolute atomic E-state index is 0.184. The van der Waals surface area contributed by atoms with Gasteiger partial charge in [0.05, 0.1) is 12.1 Å². The van der Waals surface area contributed by atoms with Crippen LogP contribution in [0.15, 0.2) is 35.3 Å². The third kappa shape index (κ3) is 2.75. The van der Waals surface area contributed by atoms with Gasteiger partial charge in [-0.15, -0.1) is 21.5 Å². The molecule has 3 heterocycles. The number of nitrogens with two attached hydrogens (primary N) is 1. The summed E-state index contributed by atoms with van der Waals surface area (Å²) in [6, 6.07) is 9.55. The van der Waals surface area contributed by atoms with E-state index in [1.54, 1.807) is 0 Å². The Morgan fingerprint density at radius 3 is 2.88 bits per heavy atom. The van der Waals surface area contributed by atoms with Crippen molar-refractivity contribution in [2.24, 2.45) is 10.7 Å². The van der Waals surface area contributed by atoms with Gasteiger partial charge in [0.25, 0.3) is 0 Å². The third-order valence-electron chi connectivity index (χ3n) is 3.97. The number of nitrogens with zero attached hydrogens (tertiary/aromatic N) is 4. The summed E-state index contributed by atoms with van der Waals surface area (Å²) in [5, 5.41) is 9.94. The van der Waals surface area contributed by atoms with Gasteiger partial charge in [0.2, 0.25) is 5.91 Å². The van der Waals surface area contributed by atoms with Gasteiger partial charge in [0.1, 0.15) is 17.4 Å². The Labute approximate surface area is 153 Å². The van der Waals surface area contributed by atoms with Crippen LogP contribution in [0.25, 0.3) is 5.00 Å². The van der Waals surface area contributed by atoms with Crippen molar-refractivity contribution in [2.75, 3.05) is 0 Å². The maximum absolute atomic E-state index is 11.4. The Hall–Kier alpha value is -2.51. The molecule has 0 radical (unpaired) electrons. The Kier molecular flexibility index (Phi) is 3.89. The molecule has 0 aliphatic carbocycles. The van der Waals surface area contributed by atoms with E-state index in [2.05, 4.69) is 10.2 Å². The van der Waals surface area contributed by atoms with Crippen LogP contribution in [0.1, 0.15) is 27.7 Å². The Morgan fingerprint density at radius 2 is 2.12 bits per heavy atom. The largest absolute Gasteiger partial charge is 0.369 e. The summed E-state index contributed by atoms with van der Waals surface area (Å²) in [4.78, 5) is 17.0. The van der Waals surface area contributed by atoms with E-state index in [-0.39, 0.29) is 12.3 Å². The molecule has 0 fully saturated rings. The van der Waals surface area contributed by atoms with E-state index in [0.717, 1.165) is 38.4 Å². The van der Waals surface area contributed by atoms with Crippen molar-refractivity contribution in [3.05, 3.63) is 63.0 Å². The molecule has 0 bridgehead atoms. The normalized spacial score (nSPS) is 13.0. The van der Waals surface area contributed by atoms with Crippen molar-refractivity contribution in [3.63, 3.8) is 0 Å². The predicted molar refractivity (Wildman–Crippen MR) is 97.7 cm³/mol. The Morgan fingerprint density at radius 1 is 1.32 bits per heavy atom. The van der Waals surface area contributed by atoms with Gasteiger partial charge in [-0.05, 0) is 19.1 Å². The van der Waals surface area contributed by atoms with Gasteiger partial charge in [-0.1, -0.05) is 29.8 Å². The first-order valence-electron chi connectivity index (χ1n) is 7.66. The van der Waals surface area contributed by atoms with Gasteiger partial charge in [0.15, 0.2) is 5.82 Å². The molecular formula is C17H14ClN5OS. The summed E-state index contributed by atoms with van der Waals surface area (Å²) in [6.45, 7) is 2.31. The van der Waals surface area contributed by atoms with Crippen molar-refractivity contribution in [2.45, 2.75) is 19.9 Å². The van der Waals surface area contributed by atoms with Crippen molar-refractivity contribution in [3.8, 4) is 5.00 Å². The zero-order valence-corrected chi connectivity index (χ0v) is 14.9. The molecule has 6 nitrogen and oxygen atoms in total. The number of fused-ring (bicyclic) bond motifs is 3. The molecule has 1 aliphatic heterocycles. The lowest BCUT2D eigenvalue weighted by molar-refractivity contribution is -0.117. The lowest BCUT2D eigenvalue weighted by atomic mass is 10.0. The number of rotatable bonds is 3. The minimum Gasteiger partial charge on any atom is -0.369 e. The molecule has 1 amide bonds. The number of hydrogen-bond donors (Lipinski definition) is 1. The SMILES string of the molecule is Cc1nnc2n1-c1sc(CC(N)=O)cc1C(c1ccccc1Cl)=NC2. The lowest BCUT2D eigenvalue weighted by Crippen LogP contribution is -2.12. The summed E-state index contributed by atoms with van der Waals surface area (Å²) < 4.78 is 1.98. The minimum atomic E-state index is -0.367. The van der Waals surface area contributed by atoms with Gasteiger partial charge < -0.3 is 5.73 Å². The highest BCUT2D eigenvalue weighted by Gasteiger charge is 2.25. The summed E-state index contributed by atoms with van der Waals surface area (Å²) in [5.74, 6) is 1.17. The predicted octanol–water partition coefficient (Wildman–Crippen LogP) is 2.67. The molecule has 1 aliphatic rings. The van der Waals surface area contributed by atoms with Crippen LogP contribution in [-0.4, -0.2) is 26.4 Å². The van der Waals surface area contributed by atoms with Crippen molar-refractivity contribution < 1.29 is 4.79 Å². The molecule has 3 aromatic rings. The van der Waals surface area contributed by atoms with E-state index in [9.17, 15) is 4.79 Å². The van der Waals surface area contributed by atoms with Crippen LogP contribution >= 0.6 is 22.9 Å². The summed E-state index contributed by atoms with van der Waals surface area (Å²) in [7, 11) is 0. The standard InChI is InChI=1S/C17H14ClN5OS/c1-9-21-22-15-8-20-16(11-4-2-3-5-13(11)18)12-6-10(7-14(19)24)25-17(12)23(9)15/h2-6H,7-8H2,1H3,(H2,19,24). The average molecular weight is 372 g/mol. The molecule has 126 valence electrons. The van der Waals surface area contributed by atoms with Crippen LogP contribution in [0, 0.1) is 6.92 Å². The molecule has 0 atom stereocenters. The fourth-order valence-electron chi connectivity index (χ4n) is 2.92. The van der Waals surface area contributed by atoms with Crippen LogP contribution in [-0.2, 0) is 17.8 Å². The fourth-order valence-corrected chi connectivity index (χ4v) is 4.38. The number of hydrogen-bond acceptors (Lipinski definition) is 5. The molecule has 0 saturated carbocycles. The van der Waals surface area contributed by atoms with E-state index in [0.29, 0.717) is 11.6 Å². The average Bonchev–Trinajstić information content (AvgIpc) is 3.08. The van der Waals surface area contributed by atoms with Crippen molar-refractivity contribution >= 4 is 34.6 Å². The summed E-state index contributed by atoms with van der Waals surface area (Å²) in [6.07, 6.45) is 0.184. The molecule has 0 saturated heterocycles. The molecule has 4 rings (SSSR count). The van der Waals surface area contributed by atoms with Crippen LogP contribution in [0.3, 0.4) is 0 Å². The molecule has 25 heavy (non-hydrogen) atoms. The zero-order chi connectivity index (χ0) is 17.6. The number of thiophene rings is 1. The second-order valence-electron chi connectivity index (χ2n) is 5.72. The topological polar surface area (TPSA) is 86.2 Å². The smallest absolute Gasteiger partial charge is 0.222 e.